The summed E-state index contributed by atoms with van der Waals surface area (Å²) in [6, 6.07) is 0. The molecule has 0 aromatic rings. The minimum atomic E-state index is -0.480. The van der Waals surface area contributed by atoms with Crippen molar-refractivity contribution < 1.29 is 14.3 Å². The third-order valence-corrected chi connectivity index (χ3v) is 1.05. The van der Waals surface area contributed by atoms with Gasteiger partial charge in [0.2, 0.25) is 0 Å². The molecule has 3 nitrogen and oxygen atoms in total. The minimum Gasteiger partial charge on any atom is -0.480 e. The van der Waals surface area contributed by atoms with Gasteiger partial charge in [0.05, 0.1) is 0 Å². The van der Waals surface area contributed by atoms with E-state index in [1.165, 1.54) is 0 Å². The Morgan fingerprint density at radius 2 is 2.44 bits per heavy atom. The highest BCUT2D eigenvalue weighted by Crippen LogP contribution is 2.08. The van der Waals surface area contributed by atoms with E-state index < -0.39 is 6.10 Å². The van der Waals surface area contributed by atoms with E-state index in [2.05, 4.69) is 11.3 Å². The summed E-state index contributed by atoms with van der Waals surface area (Å²) in [6.45, 7) is 5.33. The Hall–Kier alpha value is -0.990. The zero-order valence-electron chi connectivity index (χ0n) is 5.22. The molecule has 0 bridgehead atoms. The van der Waals surface area contributed by atoms with Gasteiger partial charge in [-0.05, 0) is 6.92 Å². The van der Waals surface area contributed by atoms with Gasteiger partial charge in [0.1, 0.15) is 12.4 Å². The van der Waals surface area contributed by atoms with Crippen LogP contribution < -0.4 is 0 Å². The van der Waals surface area contributed by atoms with Gasteiger partial charge in [-0.3, -0.25) is 0 Å². The van der Waals surface area contributed by atoms with Crippen LogP contribution in [0.25, 0.3) is 0 Å². The molecule has 1 saturated heterocycles. The van der Waals surface area contributed by atoms with Gasteiger partial charge in [-0.25, -0.2) is 4.79 Å². The lowest BCUT2D eigenvalue weighted by Gasteiger charge is -2.20. The lowest BCUT2D eigenvalue weighted by Crippen LogP contribution is -2.29. The second kappa shape index (κ2) is 2.09. The predicted molar refractivity (Wildman–Crippen MR) is 30.6 cm³/mol. The van der Waals surface area contributed by atoms with Crippen LogP contribution in [0.1, 0.15) is 6.92 Å². The average Bonchev–Trinajstić information content (AvgIpc) is 1.80. The van der Waals surface area contributed by atoms with Crippen LogP contribution in [0.15, 0.2) is 12.3 Å². The van der Waals surface area contributed by atoms with Crippen molar-refractivity contribution in [2.24, 2.45) is 0 Å². The van der Waals surface area contributed by atoms with E-state index in [4.69, 9.17) is 4.74 Å². The molecular weight excluding hydrogens is 120 g/mol. The summed E-state index contributed by atoms with van der Waals surface area (Å²) in [5.41, 5.74) is 0. The Morgan fingerprint density at radius 1 is 1.78 bits per heavy atom. The van der Waals surface area contributed by atoms with Crippen molar-refractivity contribution in [3.63, 3.8) is 0 Å². The first-order chi connectivity index (χ1) is 4.20. The zero-order chi connectivity index (χ0) is 6.85. The first kappa shape index (κ1) is 6.13. The van der Waals surface area contributed by atoms with Crippen LogP contribution in [0.4, 0.5) is 0 Å². The molecule has 0 aliphatic carbocycles. The van der Waals surface area contributed by atoms with E-state index in [0.29, 0.717) is 5.76 Å². The van der Waals surface area contributed by atoms with Gasteiger partial charge in [0, 0.05) is 0 Å². The van der Waals surface area contributed by atoms with Crippen LogP contribution in [-0.2, 0) is 14.3 Å². The van der Waals surface area contributed by atoms with E-state index >= 15 is 0 Å². The number of rotatable bonds is 0. The second-order valence-corrected chi connectivity index (χ2v) is 1.91. The van der Waals surface area contributed by atoms with Crippen molar-refractivity contribution >= 4 is 5.97 Å². The molecule has 0 radical (unpaired) electrons. The van der Waals surface area contributed by atoms with Gasteiger partial charge in [0.15, 0.2) is 6.10 Å². The third-order valence-electron chi connectivity index (χ3n) is 1.05. The topological polar surface area (TPSA) is 35.5 Å². The highest BCUT2D eigenvalue weighted by Gasteiger charge is 2.21. The van der Waals surface area contributed by atoms with E-state index in [1.54, 1.807) is 6.92 Å². The molecule has 9 heavy (non-hydrogen) atoms. The summed E-state index contributed by atoms with van der Waals surface area (Å²) in [5.74, 6) is 0.199. The number of hydrogen-bond acceptors (Lipinski definition) is 3. The number of carbonyl (C=O) groups is 1. The lowest BCUT2D eigenvalue weighted by atomic mass is 10.4. The molecular formula is C6H8O3. The molecule has 1 atom stereocenters. The molecule has 1 aliphatic heterocycles. The van der Waals surface area contributed by atoms with Gasteiger partial charge < -0.3 is 9.47 Å². The number of ether oxygens (including phenoxy) is 2. The summed E-state index contributed by atoms with van der Waals surface area (Å²) < 4.78 is 9.57. The Kier molecular flexibility index (Phi) is 1.42. The Labute approximate surface area is 53.3 Å². The SMILES string of the molecule is C=C1COC(=O)C(C)O1. The van der Waals surface area contributed by atoms with Crippen molar-refractivity contribution in [3.05, 3.63) is 12.3 Å². The largest absolute Gasteiger partial charge is 0.480 e. The fourth-order valence-corrected chi connectivity index (χ4v) is 0.601. The van der Waals surface area contributed by atoms with Crippen LogP contribution in [0, 0.1) is 0 Å². The normalized spacial score (nSPS) is 27.0. The van der Waals surface area contributed by atoms with Crippen LogP contribution in [-0.4, -0.2) is 18.7 Å². The minimum absolute atomic E-state index is 0.198. The maximum absolute atomic E-state index is 10.6. The standard InChI is InChI=1S/C6H8O3/c1-4-3-8-6(7)5(2)9-4/h5H,1,3H2,2H3. The maximum atomic E-state index is 10.6. The summed E-state index contributed by atoms with van der Waals surface area (Å²) in [7, 11) is 0. The highest BCUT2D eigenvalue weighted by atomic mass is 16.6. The van der Waals surface area contributed by atoms with Crippen LogP contribution >= 0.6 is 0 Å². The van der Waals surface area contributed by atoms with Crippen molar-refractivity contribution in [1.82, 2.24) is 0 Å². The smallest absolute Gasteiger partial charge is 0.347 e. The number of carbonyl (C=O) groups excluding carboxylic acids is 1. The Balaban J connectivity index is 2.54. The molecule has 3 heteroatoms. The van der Waals surface area contributed by atoms with Crippen molar-refractivity contribution in [1.29, 1.82) is 0 Å². The summed E-state index contributed by atoms with van der Waals surface area (Å²) in [6.07, 6.45) is -0.480. The first-order valence-electron chi connectivity index (χ1n) is 2.71. The molecule has 0 spiro atoms. The summed E-state index contributed by atoms with van der Waals surface area (Å²) in [4.78, 5) is 10.6. The van der Waals surface area contributed by atoms with E-state index in [0.717, 1.165) is 0 Å². The Morgan fingerprint density at radius 3 is 2.89 bits per heavy atom. The monoisotopic (exact) mass is 128 g/mol. The molecule has 50 valence electrons. The van der Waals surface area contributed by atoms with Crippen molar-refractivity contribution in [2.45, 2.75) is 13.0 Å². The molecule has 0 saturated carbocycles. The molecule has 0 N–H and O–H groups in total. The van der Waals surface area contributed by atoms with Crippen molar-refractivity contribution in [3.8, 4) is 0 Å². The lowest BCUT2D eigenvalue weighted by molar-refractivity contribution is -0.161. The van der Waals surface area contributed by atoms with Gasteiger partial charge in [0.25, 0.3) is 0 Å². The van der Waals surface area contributed by atoms with Gasteiger partial charge in [-0.15, -0.1) is 0 Å². The van der Waals surface area contributed by atoms with E-state index in [1.807, 2.05) is 0 Å². The molecule has 1 heterocycles. The quantitative estimate of drug-likeness (QED) is 0.444. The number of esters is 1. The van der Waals surface area contributed by atoms with E-state index in [9.17, 15) is 4.79 Å². The Bertz CT molecular complexity index is 150. The number of cyclic esters (lactones) is 1. The van der Waals surface area contributed by atoms with Crippen LogP contribution in [0.5, 0.6) is 0 Å². The van der Waals surface area contributed by atoms with Crippen LogP contribution in [0.2, 0.25) is 0 Å². The van der Waals surface area contributed by atoms with Crippen molar-refractivity contribution in [2.75, 3.05) is 6.61 Å². The maximum Gasteiger partial charge on any atom is 0.347 e. The average molecular weight is 128 g/mol. The van der Waals surface area contributed by atoms with Gasteiger partial charge >= 0.3 is 5.97 Å². The molecule has 0 amide bonds. The third kappa shape index (κ3) is 1.22. The fraction of sp³-hybridized carbons (Fsp3) is 0.500. The molecule has 1 rings (SSSR count). The molecule has 0 aromatic carbocycles. The zero-order valence-corrected chi connectivity index (χ0v) is 5.22. The molecule has 0 aromatic heterocycles. The highest BCUT2D eigenvalue weighted by molar-refractivity contribution is 5.75. The second-order valence-electron chi connectivity index (χ2n) is 1.91. The predicted octanol–water partition coefficient (Wildman–Crippen LogP) is 0.462. The fourth-order valence-electron chi connectivity index (χ4n) is 0.601. The van der Waals surface area contributed by atoms with Gasteiger partial charge in [-0.2, -0.15) is 0 Å². The van der Waals surface area contributed by atoms with E-state index in [-0.39, 0.29) is 12.6 Å². The molecule has 1 aliphatic rings. The van der Waals surface area contributed by atoms with Gasteiger partial charge in [-0.1, -0.05) is 6.58 Å². The molecule has 1 fully saturated rings. The first-order valence-corrected chi connectivity index (χ1v) is 2.71. The number of hydrogen-bond donors (Lipinski definition) is 0. The molecule has 1 unspecified atom stereocenters. The summed E-state index contributed by atoms with van der Waals surface area (Å²) >= 11 is 0. The summed E-state index contributed by atoms with van der Waals surface area (Å²) in [5, 5.41) is 0. The van der Waals surface area contributed by atoms with Crippen LogP contribution in [0.3, 0.4) is 0 Å².